The second-order valence-corrected chi connectivity index (χ2v) is 23.9. The summed E-state index contributed by atoms with van der Waals surface area (Å²) in [5.41, 5.74) is 0. The van der Waals surface area contributed by atoms with Crippen LogP contribution in [0.1, 0.15) is 367 Å². The molecule has 0 aliphatic heterocycles. The molecule has 0 aromatic carbocycles. The molecule has 0 heterocycles. The Kier molecular flexibility index (Phi) is 66.0. The molecule has 2 unspecified atom stereocenters. The van der Waals surface area contributed by atoms with Crippen LogP contribution < -0.4 is 5.32 Å². The number of carbonyl (C=O) groups excluding carboxylic acids is 2. The summed E-state index contributed by atoms with van der Waals surface area (Å²) in [4.78, 5) is 24.6. The Morgan fingerprint density at radius 2 is 0.646 bits per heavy atom. The van der Waals surface area contributed by atoms with E-state index in [1.54, 1.807) is 6.08 Å². The van der Waals surface area contributed by atoms with Crippen molar-refractivity contribution in [1.29, 1.82) is 0 Å². The van der Waals surface area contributed by atoms with E-state index in [4.69, 9.17) is 4.74 Å². The molecule has 462 valence electrons. The molecule has 0 aliphatic carbocycles. The maximum absolute atomic E-state index is 12.5. The standard InChI is InChI=1S/C73H135NO5/c1-3-5-7-9-11-13-15-17-19-20-21-29-32-35-38-41-45-49-53-57-61-65-71(76)70(69-75)74-72(77)66-62-58-54-50-46-42-39-36-33-30-27-25-23-22-24-26-28-31-34-37-40-44-48-52-56-60-64-68-79-73(78)67-63-59-55-51-47-43-18-16-14-12-10-8-6-4-2/h10,12,16,18,22-23,26,28,61,65,70-71,75-76H,3-9,11,13-15,17,19-21,24-25,27,29-60,62-64,66-69H2,1-2H3,(H,74,77)/b12-10-,18-16-,23-22-,28-26-,65-61+. The molecule has 2 atom stereocenters. The maximum Gasteiger partial charge on any atom is 0.305 e. The second kappa shape index (κ2) is 68.1. The molecule has 0 rings (SSSR count). The Morgan fingerprint density at radius 3 is 1.00 bits per heavy atom. The molecule has 0 aromatic rings. The third kappa shape index (κ3) is 64.6. The van der Waals surface area contributed by atoms with Crippen molar-refractivity contribution in [2.24, 2.45) is 0 Å². The Bertz CT molecular complexity index is 1370. The molecule has 0 fully saturated rings. The van der Waals surface area contributed by atoms with Crippen LogP contribution in [0.15, 0.2) is 60.8 Å². The number of ether oxygens (including phenoxy) is 1. The number of unbranched alkanes of at least 4 members (excludes halogenated alkanes) is 46. The molecule has 1 amide bonds. The van der Waals surface area contributed by atoms with Gasteiger partial charge in [-0.15, -0.1) is 0 Å². The summed E-state index contributed by atoms with van der Waals surface area (Å²) in [6.45, 7) is 4.88. The van der Waals surface area contributed by atoms with Crippen molar-refractivity contribution in [3.05, 3.63) is 60.8 Å². The minimum atomic E-state index is -0.849. The first-order valence-electron chi connectivity index (χ1n) is 35.1. The monoisotopic (exact) mass is 1110 g/mol. The topological polar surface area (TPSA) is 95.9 Å². The maximum atomic E-state index is 12.5. The van der Waals surface area contributed by atoms with Crippen LogP contribution in [0.2, 0.25) is 0 Å². The molecule has 6 heteroatoms. The summed E-state index contributed by atoms with van der Waals surface area (Å²) in [5.74, 6) is -0.0733. The van der Waals surface area contributed by atoms with Crippen LogP contribution in [0, 0.1) is 0 Å². The molecule has 3 N–H and O–H groups in total. The van der Waals surface area contributed by atoms with Crippen LogP contribution >= 0.6 is 0 Å². The van der Waals surface area contributed by atoms with Crippen LogP contribution in [0.3, 0.4) is 0 Å². The van der Waals surface area contributed by atoms with Crippen molar-refractivity contribution in [2.45, 2.75) is 379 Å². The van der Waals surface area contributed by atoms with E-state index in [2.05, 4.69) is 67.8 Å². The molecule has 6 nitrogen and oxygen atoms in total. The zero-order valence-electron chi connectivity index (χ0n) is 52.9. The normalized spacial score (nSPS) is 12.9. The number of aliphatic hydroxyl groups is 2. The zero-order valence-corrected chi connectivity index (χ0v) is 52.9. The lowest BCUT2D eigenvalue weighted by atomic mass is 10.0. The highest BCUT2D eigenvalue weighted by atomic mass is 16.5. The highest BCUT2D eigenvalue weighted by molar-refractivity contribution is 5.76. The van der Waals surface area contributed by atoms with Gasteiger partial charge in [0.15, 0.2) is 0 Å². The summed E-state index contributed by atoms with van der Waals surface area (Å²) in [7, 11) is 0. The van der Waals surface area contributed by atoms with Gasteiger partial charge < -0.3 is 20.3 Å². The lowest BCUT2D eigenvalue weighted by Gasteiger charge is -2.20. The molecule has 0 saturated heterocycles. The van der Waals surface area contributed by atoms with Crippen molar-refractivity contribution in [3.8, 4) is 0 Å². The van der Waals surface area contributed by atoms with Gasteiger partial charge >= 0.3 is 5.97 Å². The number of carbonyl (C=O) groups is 2. The lowest BCUT2D eigenvalue weighted by molar-refractivity contribution is -0.143. The Balaban J connectivity index is 3.46. The van der Waals surface area contributed by atoms with Gasteiger partial charge in [0.05, 0.1) is 25.4 Å². The third-order valence-electron chi connectivity index (χ3n) is 16.0. The van der Waals surface area contributed by atoms with Gasteiger partial charge in [-0.25, -0.2) is 0 Å². The van der Waals surface area contributed by atoms with E-state index in [1.807, 2.05) is 6.08 Å². The van der Waals surface area contributed by atoms with E-state index in [9.17, 15) is 19.8 Å². The Morgan fingerprint density at radius 1 is 0.354 bits per heavy atom. The van der Waals surface area contributed by atoms with Crippen LogP contribution in [-0.2, 0) is 14.3 Å². The first-order valence-corrected chi connectivity index (χ1v) is 35.1. The number of esters is 1. The average molecular weight is 1110 g/mol. The first-order chi connectivity index (χ1) is 39.0. The Labute approximate surface area is 492 Å². The van der Waals surface area contributed by atoms with E-state index in [0.717, 1.165) is 57.8 Å². The summed E-state index contributed by atoms with van der Waals surface area (Å²) in [5, 5.41) is 23.2. The first kappa shape index (κ1) is 76.6. The van der Waals surface area contributed by atoms with Crippen molar-refractivity contribution in [1.82, 2.24) is 5.32 Å². The molecule has 0 radical (unpaired) electrons. The van der Waals surface area contributed by atoms with E-state index >= 15 is 0 Å². The van der Waals surface area contributed by atoms with Crippen molar-refractivity contribution in [2.75, 3.05) is 13.2 Å². The molecule has 0 saturated carbocycles. The predicted octanol–water partition coefficient (Wildman–Crippen LogP) is 22.6. The smallest absolute Gasteiger partial charge is 0.305 e. The number of allylic oxidation sites excluding steroid dienone is 9. The average Bonchev–Trinajstić information content (AvgIpc) is 3.45. The van der Waals surface area contributed by atoms with Gasteiger partial charge in [0, 0.05) is 12.8 Å². The zero-order chi connectivity index (χ0) is 57.1. The van der Waals surface area contributed by atoms with Crippen molar-refractivity contribution >= 4 is 11.9 Å². The number of nitrogens with one attached hydrogen (secondary N) is 1. The van der Waals surface area contributed by atoms with E-state index in [1.165, 1.54) is 283 Å². The minimum absolute atomic E-state index is 0.00459. The molecular weight excluding hydrogens is 971 g/mol. The minimum Gasteiger partial charge on any atom is -0.466 e. The van der Waals surface area contributed by atoms with Crippen LogP contribution in [0.4, 0.5) is 0 Å². The fourth-order valence-electron chi connectivity index (χ4n) is 10.6. The van der Waals surface area contributed by atoms with Gasteiger partial charge in [-0.3, -0.25) is 9.59 Å². The molecular formula is C73H135NO5. The largest absolute Gasteiger partial charge is 0.466 e. The van der Waals surface area contributed by atoms with E-state index < -0.39 is 12.1 Å². The second-order valence-electron chi connectivity index (χ2n) is 23.9. The van der Waals surface area contributed by atoms with E-state index in [0.29, 0.717) is 19.4 Å². The van der Waals surface area contributed by atoms with Crippen molar-refractivity contribution < 1.29 is 24.5 Å². The Hall–Kier alpha value is -2.44. The molecule has 0 aromatic heterocycles. The molecule has 0 bridgehead atoms. The summed E-state index contributed by atoms with van der Waals surface area (Å²) < 4.78 is 5.47. The summed E-state index contributed by atoms with van der Waals surface area (Å²) >= 11 is 0. The highest BCUT2D eigenvalue weighted by Crippen LogP contribution is 2.18. The number of hydrogen-bond donors (Lipinski definition) is 3. The van der Waals surface area contributed by atoms with E-state index in [-0.39, 0.29) is 18.5 Å². The number of hydrogen-bond acceptors (Lipinski definition) is 5. The van der Waals surface area contributed by atoms with Crippen LogP contribution in [0.5, 0.6) is 0 Å². The van der Waals surface area contributed by atoms with Crippen LogP contribution in [-0.4, -0.2) is 47.4 Å². The predicted molar refractivity (Wildman–Crippen MR) is 347 cm³/mol. The SMILES string of the molecule is CCCC/C=C\C/C=C\CCCCCCCC(=O)OCCCCCCCCCCC/C=C\C/C=C\CCCCCCCCCCCCCC(=O)NC(CO)C(O)/C=C/CCCCCCCCCCCCCCCCCCCCC. The van der Waals surface area contributed by atoms with Gasteiger partial charge in [-0.1, -0.05) is 325 Å². The number of rotatable bonds is 65. The fourth-order valence-corrected chi connectivity index (χ4v) is 10.6. The number of amides is 1. The molecule has 79 heavy (non-hydrogen) atoms. The van der Waals surface area contributed by atoms with Crippen molar-refractivity contribution in [3.63, 3.8) is 0 Å². The highest BCUT2D eigenvalue weighted by Gasteiger charge is 2.18. The third-order valence-corrected chi connectivity index (χ3v) is 16.0. The van der Waals surface area contributed by atoms with Crippen LogP contribution in [0.25, 0.3) is 0 Å². The number of aliphatic hydroxyl groups excluding tert-OH is 2. The van der Waals surface area contributed by atoms with Gasteiger partial charge in [0.1, 0.15) is 0 Å². The molecule has 0 spiro atoms. The van der Waals surface area contributed by atoms with Gasteiger partial charge in [-0.2, -0.15) is 0 Å². The molecule has 0 aliphatic rings. The lowest BCUT2D eigenvalue weighted by Crippen LogP contribution is -2.45. The fraction of sp³-hybridized carbons (Fsp3) is 0.836. The quantitative estimate of drug-likeness (QED) is 0.0320. The van der Waals surface area contributed by atoms with Gasteiger partial charge in [0.25, 0.3) is 0 Å². The summed E-state index contributed by atoms with van der Waals surface area (Å²) in [6.07, 6.45) is 90.0. The van der Waals surface area contributed by atoms with Gasteiger partial charge in [-0.05, 0) is 89.9 Å². The summed E-state index contributed by atoms with van der Waals surface area (Å²) in [6, 6.07) is -0.633. The van der Waals surface area contributed by atoms with Gasteiger partial charge in [0.2, 0.25) is 5.91 Å².